The first-order chi connectivity index (χ1) is 6.86. The molecular weight excluding hydrogens is 186 g/mol. The minimum absolute atomic E-state index is 0.0111. The number of Topliss-reactive ketones (excluding diaryl/α,β-unsaturated/α-hetero) is 1. The SMILES string of the molecule is CC(=O)c1cc(C#N)ccc1C(C)(C)C. The second kappa shape index (κ2) is 3.86. The Bertz CT molecular complexity index is 433. The van der Waals surface area contributed by atoms with Gasteiger partial charge in [-0.2, -0.15) is 5.26 Å². The average Bonchev–Trinajstić information content (AvgIpc) is 2.15. The number of ketones is 1. The maximum absolute atomic E-state index is 11.5. The fourth-order valence-electron chi connectivity index (χ4n) is 1.56. The summed E-state index contributed by atoms with van der Waals surface area (Å²) in [6.45, 7) is 7.70. The van der Waals surface area contributed by atoms with Gasteiger partial charge >= 0.3 is 0 Å². The van der Waals surface area contributed by atoms with Crippen molar-refractivity contribution in [2.45, 2.75) is 33.1 Å². The normalized spacial score (nSPS) is 10.9. The highest BCUT2D eigenvalue weighted by atomic mass is 16.1. The van der Waals surface area contributed by atoms with E-state index in [1.165, 1.54) is 6.92 Å². The first-order valence-corrected chi connectivity index (χ1v) is 4.92. The van der Waals surface area contributed by atoms with Crippen LogP contribution in [0.1, 0.15) is 49.2 Å². The predicted octanol–water partition coefficient (Wildman–Crippen LogP) is 3.06. The Balaban J connectivity index is 3.42. The number of benzene rings is 1. The van der Waals surface area contributed by atoms with Gasteiger partial charge in [0.1, 0.15) is 0 Å². The van der Waals surface area contributed by atoms with Crippen LogP contribution in [-0.4, -0.2) is 5.78 Å². The molecule has 0 atom stereocenters. The number of carbonyl (C=O) groups excluding carboxylic acids is 1. The Hall–Kier alpha value is -1.62. The summed E-state index contributed by atoms with van der Waals surface area (Å²) < 4.78 is 0. The first kappa shape index (κ1) is 11.5. The maximum atomic E-state index is 11.5. The van der Waals surface area contributed by atoms with Crippen molar-refractivity contribution in [2.75, 3.05) is 0 Å². The highest BCUT2D eigenvalue weighted by Crippen LogP contribution is 2.26. The minimum atomic E-state index is -0.0744. The zero-order valence-corrected chi connectivity index (χ0v) is 9.59. The number of hydrogen-bond donors (Lipinski definition) is 0. The Labute approximate surface area is 90.5 Å². The van der Waals surface area contributed by atoms with E-state index in [1.54, 1.807) is 12.1 Å². The highest BCUT2D eigenvalue weighted by molar-refractivity contribution is 5.96. The van der Waals surface area contributed by atoms with Crippen molar-refractivity contribution >= 4 is 5.78 Å². The van der Waals surface area contributed by atoms with E-state index in [4.69, 9.17) is 5.26 Å². The largest absolute Gasteiger partial charge is 0.294 e. The number of nitrogens with zero attached hydrogens (tertiary/aromatic N) is 1. The van der Waals surface area contributed by atoms with E-state index in [9.17, 15) is 4.79 Å². The van der Waals surface area contributed by atoms with Crippen LogP contribution in [0.3, 0.4) is 0 Å². The van der Waals surface area contributed by atoms with Crippen molar-refractivity contribution < 1.29 is 4.79 Å². The molecule has 15 heavy (non-hydrogen) atoms. The molecule has 0 aliphatic heterocycles. The van der Waals surface area contributed by atoms with E-state index in [0.29, 0.717) is 11.1 Å². The van der Waals surface area contributed by atoms with Gasteiger partial charge in [-0.15, -0.1) is 0 Å². The van der Waals surface area contributed by atoms with Gasteiger partial charge in [-0.3, -0.25) is 4.79 Å². The molecular formula is C13H15NO. The fraction of sp³-hybridized carbons (Fsp3) is 0.385. The molecule has 0 saturated carbocycles. The summed E-state index contributed by atoms with van der Waals surface area (Å²) in [5.41, 5.74) is 2.11. The van der Waals surface area contributed by atoms with Gasteiger partial charge < -0.3 is 0 Å². The lowest BCUT2D eigenvalue weighted by Gasteiger charge is -2.21. The summed E-state index contributed by atoms with van der Waals surface area (Å²) in [4.78, 5) is 11.5. The van der Waals surface area contributed by atoms with Gasteiger partial charge in [-0.05, 0) is 30.0 Å². The van der Waals surface area contributed by atoms with Crippen LogP contribution < -0.4 is 0 Å². The van der Waals surface area contributed by atoms with Crippen LogP contribution in [0.4, 0.5) is 0 Å². The Morgan fingerprint density at radius 1 is 1.33 bits per heavy atom. The molecule has 0 amide bonds. The standard InChI is InChI=1S/C13H15NO/c1-9(15)11-7-10(8-14)5-6-12(11)13(2,3)4/h5-7H,1-4H3. The van der Waals surface area contributed by atoms with E-state index in [2.05, 4.69) is 20.8 Å². The topological polar surface area (TPSA) is 40.9 Å². The van der Waals surface area contributed by atoms with Crippen molar-refractivity contribution in [3.8, 4) is 6.07 Å². The van der Waals surface area contributed by atoms with Crippen LogP contribution in [0, 0.1) is 11.3 Å². The monoisotopic (exact) mass is 201 g/mol. The molecule has 0 fully saturated rings. The summed E-state index contributed by atoms with van der Waals surface area (Å²) >= 11 is 0. The van der Waals surface area contributed by atoms with Gasteiger partial charge in [0.05, 0.1) is 11.6 Å². The molecule has 78 valence electrons. The van der Waals surface area contributed by atoms with E-state index < -0.39 is 0 Å². The van der Waals surface area contributed by atoms with Crippen LogP contribution in [-0.2, 0) is 5.41 Å². The lowest BCUT2D eigenvalue weighted by molar-refractivity contribution is 0.101. The number of nitriles is 1. The molecule has 0 aliphatic rings. The van der Waals surface area contributed by atoms with Crippen molar-refractivity contribution in [3.63, 3.8) is 0 Å². The van der Waals surface area contributed by atoms with Crippen LogP contribution in [0.5, 0.6) is 0 Å². The third-order valence-electron chi connectivity index (χ3n) is 2.34. The van der Waals surface area contributed by atoms with Crippen molar-refractivity contribution in [3.05, 3.63) is 34.9 Å². The molecule has 0 bridgehead atoms. The summed E-state index contributed by atoms with van der Waals surface area (Å²) in [5, 5.41) is 8.78. The van der Waals surface area contributed by atoms with E-state index in [0.717, 1.165) is 5.56 Å². The zero-order valence-electron chi connectivity index (χ0n) is 9.59. The van der Waals surface area contributed by atoms with Gasteiger partial charge in [-0.1, -0.05) is 26.8 Å². The number of hydrogen-bond acceptors (Lipinski definition) is 2. The Morgan fingerprint density at radius 3 is 2.33 bits per heavy atom. The fourth-order valence-corrected chi connectivity index (χ4v) is 1.56. The predicted molar refractivity (Wildman–Crippen MR) is 59.9 cm³/mol. The molecule has 0 aromatic heterocycles. The lowest BCUT2D eigenvalue weighted by Crippen LogP contribution is -2.16. The molecule has 1 aromatic carbocycles. The summed E-state index contributed by atoms with van der Waals surface area (Å²) in [6.07, 6.45) is 0. The third kappa shape index (κ3) is 2.44. The molecule has 0 heterocycles. The summed E-state index contributed by atoms with van der Waals surface area (Å²) in [6, 6.07) is 7.35. The zero-order chi connectivity index (χ0) is 11.6. The molecule has 1 aromatic rings. The van der Waals surface area contributed by atoms with Gasteiger partial charge in [-0.25, -0.2) is 0 Å². The Kier molecular flexibility index (Phi) is 2.95. The molecule has 0 N–H and O–H groups in total. The van der Waals surface area contributed by atoms with Gasteiger partial charge in [0, 0.05) is 5.56 Å². The maximum Gasteiger partial charge on any atom is 0.160 e. The molecule has 2 nitrogen and oxygen atoms in total. The number of rotatable bonds is 1. The van der Waals surface area contributed by atoms with Crippen LogP contribution in [0.15, 0.2) is 18.2 Å². The van der Waals surface area contributed by atoms with Crippen LogP contribution >= 0.6 is 0 Å². The molecule has 0 spiro atoms. The van der Waals surface area contributed by atoms with Crippen molar-refractivity contribution in [1.82, 2.24) is 0 Å². The van der Waals surface area contributed by atoms with Gasteiger partial charge in [0.15, 0.2) is 5.78 Å². The Morgan fingerprint density at radius 2 is 1.93 bits per heavy atom. The van der Waals surface area contributed by atoms with E-state index in [1.807, 2.05) is 12.1 Å². The lowest BCUT2D eigenvalue weighted by atomic mass is 9.82. The smallest absolute Gasteiger partial charge is 0.160 e. The molecule has 0 saturated heterocycles. The first-order valence-electron chi connectivity index (χ1n) is 4.92. The van der Waals surface area contributed by atoms with Gasteiger partial charge in [0.2, 0.25) is 0 Å². The van der Waals surface area contributed by atoms with Gasteiger partial charge in [0.25, 0.3) is 0 Å². The number of carbonyl (C=O) groups is 1. The van der Waals surface area contributed by atoms with Crippen molar-refractivity contribution in [1.29, 1.82) is 5.26 Å². The van der Waals surface area contributed by atoms with E-state index >= 15 is 0 Å². The molecule has 2 heteroatoms. The minimum Gasteiger partial charge on any atom is -0.294 e. The average molecular weight is 201 g/mol. The van der Waals surface area contributed by atoms with E-state index in [-0.39, 0.29) is 11.2 Å². The highest BCUT2D eigenvalue weighted by Gasteiger charge is 2.20. The molecule has 0 aliphatic carbocycles. The summed E-state index contributed by atoms with van der Waals surface area (Å²) in [5.74, 6) is 0.0111. The second-order valence-electron chi connectivity index (χ2n) is 4.68. The second-order valence-corrected chi connectivity index (χ2v) is 4.68. The van der Waals surface area contributed by atoms with Crippen LogP contribution in [0.2, 0.25) is 0 Å². The van der Waals surface area contributed by atoms with Crippen molar-refractivity contribution in [2.24, 2.45) is 0 Å². The third-order valence-corrected chi connectivity index (χ3v) is 2.34. The molecule has 0 radical (unpaired) electrons. The van der Waals surface area contributed by atoms with Crippen LogP contribution in [0.25, 0.3) is 0 Å². The quantitative estimate of drug-likeness (QED) is 0.655. The molecule has 1 rings (SSSR count). The summed E-state index contributed by atoms with van der Waals surface area (Å²) in [7, 11) is 0. The molecule has 0 unspecified atom stereocenters.